The van der Waals surface area contributed by atoms with Gasteiger partial charge in [0, 0.05) is 42.3 Å². The summed E-state index contributed by atoms with van der Waals surface area (Å²) in [6.45, 7) is 29.8. The Bertz CT molecular complexity index is 2070. The van der Waals surface area contributed by atoms with E-state index < -0.39 is 0 Å². The molecular weight excluding hydrogens is 829 g/mol. The van der Waals surface area contributed by atoms with Gasteiger partial charge in [-0.15, -0.1) is 0 Å². The van der Waals surface area contributed by atoms with Gasteiger partial charge in [0.1, 0.15) is 23.8 Å². The lowest BCUT2D eigenvalue weighted by atomic mass is 9.73. The topological polar surface area (TPSA) is 211 Å². The number of nitrogens with one attached hydrogen (secondary N) is 3. The maximum atomic E-state index is 9.98. The molecule has 3 aliphatic carbocycles. The number of rotatable bonds is 24. The quantitative estimate of drug-likeness (QED) is 0.0474. The summed E-state index contributed by atoms with van der Waals surface area (Å²) in [5, 5.41) is 78.6. The molecule has 12 nitrogen and oxygen atoms in total. The zero-order valence-electron chi connectivity index (χ0n) is 41.1. The summed E-state index contributed by atoms with van der Waals surface area (Å²) in [6.07, 6.45) is 20.3. The Hall–Kier alpha value is -6.75. The molecule has 0 unspecified atom stereocenters. The highest BCUT2D eigenvalue weighted by Gasteiger charge is 2.35. The monoisotopic (exact) mass is 899 g/mol. The van der Waals surface area contributed by atoms with Gasteiger partial charge in [0.05, 0.1) is 54.1 Å². The van der Waals surface area contributed by atoms with Crippen molar-refractivity contribution in [1.29, 1.82) is 36.8 Å². The fraction of sp³-hybridized carbons (Fsp3) is 0.618. The van der Waals surface area contributed by atoms with Crippen molar-refractivity contribution in [3.05, 3.63) is 90.3 Å². The van der Waals surface area contributed by atoms with E-state index in [4.69, 9.17) is 13.1 Å². The molecule has 0 aromatic rings. The normalized spacial score (nSPS) is 18.6. The second kappa shape index (κ2) is 27.0. The molecule has 0 saturated heterocycles. The first-order valence-corrected chi connectivity index (χ1v) is 24.2. The summed E-state index contributed by atoms with van der Waals surface area (Å²) in [4.78, 5) is 6.83. The van der Waals surface area contributed by atoms with Crippen LogP contribution in [0.2, 0.25) is 0 Å². The van der Waals surface area contributed by atoms with Crippen LogP contribution < -0.4 is 16.0 Å². The van der Waals surface area contributed by atoms with Gasteiger partial charge in [0.15, 0.2) is 0 Å². The van der Waals surface area contributed by atoms with E-state index in [1.54, 1.807) is 0 Å². The van der Waals surface area contributed by atoms with Crippen LogP contribution in [-0.4, -0.2) is 19.6 Å². The highest BCUT2D eigenvalue weighted by atomic mass is 14.9. The maximum Gasteiger partial charge on any atom is 0.266 e. The zero-order valence-corrected chi connectivity index (χ0v) is 41.1. The average Bonchev–Trinajstić information content (AvgIpc) is 3.28. The van der Waals surface area contributed by atoms with Crippen LogP contribution in [-0.2, 0) is 0 Å². The average molecular weight is 899 g/mol. The fourth-order valence-electron chi connectivity index (χ4n) is 9.98. The molecule has 0 aliphatic heterocycles. The van der Waals surface area contributed by atoms with Crippen LogP contribution in [0.25, 0.3) is 9.69 Å². The number of allylic oxidation sites excluding steroid dienone is 12. The van der Waals surface area contributed by atoms with E-state index in [0.29, 0.717) is 77.9 Å². The van der Waals surface area contributed by atoms with Gasteiger partial charge in [-0.2, -0.15) is 26.3 Å². The lowest BCUT2D eigenvalue weighted by Gasteiger charge is -2.33. The maximum absolute atomic E-state index is 9.98. The molecule has 3 aliphatic rings. The number of nitriles is 7. The molecule has 0 saturated carbocycles. The van der Waals surface area contributed by atoms with Crippen LogP contribution in [0.3, 0.4) is 0 Å². The van der Waals surface area contributed by atoms with E-state index in [1.165, 1.54) is 19.3 Å². The Morgan fingerprint density at radius 2 is 0.746 bits per heavy atom. The number of hydrogen-bond donors (Lipinski definition) is 3. The minimum Gasteiger partial charge on any atom is -0.387 e. The van der Waals surface area contributed by atoms with Gasteiger partial charge in [-0.25, -0.2) is 20.2 Å². The van der Waals surface area contributed by atoms with Crippen LogP contribution in [0, 0.1) is 115 Å². The lowest BCUT2D eigenvalue weighted by molar-refractivity contribution is 0.337. The molecule has 3 N–H and O–H groups in total. The van der Waals surface area contributed by atoms with Crippen molar-refractivity contribution in [2.75, 3.05) is 19.6 Å². The van der Waals surface area contributed by atoms with E-state index in [1.807, 2.05) is 24.3 Å². The molecule has 0 spiro atoms. The number of nitrogens with zero attached hydrogens (tertiary/aromatic N) is 9. The van der Waals surface area contributed by atoms with Crippen LogP contribution in [0.15, 0.2) is 67.5 Å². The van der Waals surface area contributed by atoms with Crippen molar-refractivity contribution in [2.24, 2.45) is 22.2 Å². The minimum atomic E-state index is -0.156. The van der Waals surface area contributed by atoms with E-state index in [2.05, 4.69) is 85.4 Å². The molecule has 0 aromatic carbocycles. The van der Waals surface area contributed by atoms with Crippen LogP contribution in [0.4, 0.5) is 0 Å². The summed E-state index contributed by atoms with van der Waals surface area (Å²) in [5.74, 6) is 0.645. The zero-order chi connectivity index (χ0) is 49.5. The molecule has 350 valence electrons. The number of unbranched alkanes of at least 4 members (excludes halogenated alkanes) is 9. The Kier molecular flexibility index (Phi) is 22.0. The fourth-order valence-corrected chi connectivity index (χ4v) is 9.98. The van der Waals surface area contributed by atoms with Gasteiger partial charge in [-0.05, 0) is 91.1 Å². The Labute approximate surface area is 402 Å². The first kappa shape index (κ1) is 54.6. The predicted octanol–water partition coefficient (Wildman–Crippen LogP) is 12.8. The molecule has 0 bridgehead atoms. The second-order valence-corrected chi connectivity index (χ2v) is 20.9. The highest BCUT2D eigenvalue weighted by Crippen LogP contribution is 2.44. The lowest BCUT2D eigenvalue weighted by Crippen LogP contribution is -2.28. The minimum absolute atomic E-state index is 0.00900. The third kappa shape index (κ3) is 16.9. The standard InChI is InChI=1S/C55H70N12/c1-53(2)27-42(41(33-56)34-57)45(35-58)48(30-53)65-24-18-12-9-15-21-40(22-16-10-13-19-25-66-49-31-54(3,4)28-43(46(49)36-59)51(38-61)63-7)23-17-11-14-20-26-67-50-32-55(5,6)29-44(47(50)37-60)52(39-62)64-8/h40,65-67H,9-32H2,1-6H3/b51-43+,52-44+. The summed E-state index contributed by atoms with van der Waals surface area (Å²) >= 11 is 0. The van der Waals surface area contributed by atoms with Gasteiger partial charge >= 0.3 is 0 Å². The molecule has 12 heteroatoms. The second-order valence-electron chi connectivity index (χ2n) is 20.9. The molecule has 0 aromatic heterocycles. The third-order valence-electron chi connectivity index (χ3n) is 13.2. The largest absolute Gasteiger partial charge is 0.387 e. The van der Waals surface area contributed by atoms with E-state index in [9.17, 15) is 36.8 Å². The van der Waals surface area contributed by atoms with Gasteiger partial charge < -0.3 is 16.0 Å². The Morgan fingerprint density at radius 1 is 0.448 bits per heavy atom. The Morgan fingerprint density at radius 3 is 1.03 bits per heavy atom. The van der Waals surface area contributed by atoms with E-state index in [0.717, 1.165) is 114 Å². The summed E-state index contributed by atoms with van der Waals surface area (Å²) in [5.41, 5.74) is 5.14. The van der Waals surface area contributed by atoms with Crippen LogP contribution in [0.1, 0.15) is 176 Å². The molecule has 0 radical (unpaired) electrons. The first-order chi connectivity index (χ1) is 32.1. The van der Waals surface area contributed by atoms with Crippen molar-refractivity contribution in [3.8, 4) is 42.5 Å². The van der Waals surface area contributed by atoms with Crippen LogP contribution >= 0.6 is 0 Å². The predicted molar refractivity (Wildman–Crippen MR) is 260 cm³/mol. The van der Waals surface area contributed by atoms with Crippen molar-refractivity contribution in [1.82, 2.24) is 16.0 Å². The van der Waals surface area contributed by atoms with Gasteiger partial charge in [0.2, 0.25) is 0 Å². The van der Waals surface area contributed by atoms with E-state index in [-0.39, 0.29) is 33.2 Å². The molecule has 0 fully saturated rings. The van der Waals surface area contributed by atoms with E-state index >= 15 is 0 Å². The van der Waals surface area contributed by atoms with Gasteiger partial charge in [-0.3, -0.25) is 0 Å². The summed E-state index contributed by atoms with van der Waals surface area (Å²) in [6, 6.07) is 14.8. The molecular formula is C55H70N12. The molecule has 3 rings (SSSR count). The SMILES string of the molecule is [C-]#[N+]/C(C#N)=C1\CC(C)(C)CC(NCCCCCCC(CCCCCCNC2=C(C#N)C(=C(C#N)C#N)CC(C)(C)C2)CCCCCCNC2=C(C#N)/C(=C(\C#N)[N+]#[C-])CC(C)(C)C2)=C1C#N. The van der Waals surface area contributed by atoms with Crippen LogP contribution in [0.5, 0.6) is 0 Å². The van der Waals surface area contributed by atoms with Crippen molar-refractivity contribution in [3.63, 3.8) is 0 Å². The Balaban J connectivity index is 1.53. The van der Waals surface area contributed by atoms with Gasteiger partial charge in [-0.1, -0.05) is 119 Å². The molecule has 67 heavy (non-hydrogen) atoms. The molecule has 0 amide bonds. The van der Waals surface area contributed by atoms with Crippen molar-refractivity contribution in [2.45, 2.75) is 176 Å². The molecule has 0 heterocycles. The van der Waals surface area contributed by atoms with Crippen molar-refractivity contribution < 1.29 is 0 Å². The molecule has 0 atom stereocenters. The smallest absolute Gasteiger partial charge is 0.266 e. The first-order valence-electron chi connectivity index (χ1n) is 24.2. The highest BCUT2D eigenvalue weighted by molar-refractivity contribution is 5.58. The third-order valence-corrected chi connectivity index (χ3v) is 13.2. The summed E-state index contributed by atoms with van der Waals surface area (Å²) in [7, 11) is 0. The van der Waals surface area contributed by atoms with Gasteiger partial charge in [0.25, 0.3) is 11.4 Å². The summed E-state index contributed by atoms with van der Waals surface area (Å²) < 4.78 is 0. The number of hydrogen-bond acceptors (Lipinski definition) is 10. The van der Waals surface area contributed by atoms with Crippen molar-refractivity contribution >= 4 is 0 Å².